The fraction of sp³-hybridized carbons (Fsp3) is 0.389. The van der Waals surface area contributed by atoms with Crippen molar-refractivity contribution in [2.24, 2.45) is 4.99 Å². The van der Waals surface area contributed by atoms with Crippen LogP contribution < -0.4 is 5.32 Å². The van der Waals surface area contributed by atoms with Gasteiger partial charge in [0.25, 0.3) is 0 Å². The highest BCUT2D eigenvalue weighted by Gasteiger charge is 2.06. The molecule has 1 heterocycles. The van der Waals surface area contributed by atoms with Crippen molar-refractivity contribution in [3.8, 4) is 0 Å². The molecule has 23 heavy (non-hydrogen) atoms. The Balaban J connectivity index is 1.85. The number of hydrogen-bond donors (Lipinski definition) is 1. The summed E-state index contributed by atoms with van der Waals surface area (Å²) >= 11 is 1.80. The van der Waals surface area contributed by atoms with Gasteiger partial charge in [0.1, 0.15) is 0 Å². The van der Waals surface area contributed by atoms with Gasteiger partial charge in [-0.3, -0.25) is 4.99 Å². The van der Waals surface area contributed by atoms with Crippen LogP contribution in [0.15, 0.2) is 46.8 Å². The molecule has 0 atom stereocenters. The molecule has 1 aromatic heterocycles. The summed E-state index contributed by atoms with van der Waals surface area (Å²) in [4.78, 5) is 7.94. The first-order valence-corrected chi connectivity index (χ1v) is 8.62. The second-order valence-electron chi connectivity index (χ2n) is 5.40. The molecule has 0 fully saturated rings. The fourth-order valence-corrected chi connectivity index (χ4v) is 3.10. The van der Waals surface area contributed by atoms with Gasteiger partial charge in [0.15, 0.2) is 5.96 Å². The van der Waals surface area contributed by atoms with Gasteiger partial charge < -0.3 is 15.0 Å². The summed E-state index contributed by atoms with van der Waals surface area (Å²) in [6.45, 7) is 2.35. The van der Waals surface area contributed by atoms with Crippen LogP contribution >= 0.6 is 11.3 Å². The highest BCUT2D eigenvalue weighted by Crippen LogP contribution is 2.10. The summed E-state index contributed by atoms with van der Waals surface area (Å²) in [7, 11) is 5.62. The predicted octanol–water partition coefficient (Wildman–Crippen LogP) is 3.14. The number of nitrogens with zero attached hydrogens (tertiary/aromatic N) is 2. The number of ether oxygens (including phenoxy) is 1. The van der Waals surface area contributed by atoms with E-state index >= 15 is 0 Å². The molecule has 0 aliphatic rings. The largest absolute Gasteiger partial charge is 0.380 e. The van der Waals surface area contributed by atoms with E-state index < -0.39 is 0 Å². The zero-order valence-corrected chi connectivity index (χ0v) is 14.9. The molecule has 0 aliphatic carbocycles. The third-order valence-electron chi connectivity index (χ3n) is 3.60. The van der Waals surface area contributed by atoms with E-state index in [9.17, 15) is 0 Å². The molecule has 0 saturated heterocycles. The minimum Gasteiger partial charge on any atom is -0.380 e. The Morgan fingerprint density at radius 1 is 1.26 bits per heavy atom. The van der Waals surface area contributed by atoms with Crippen molar-refractivity contribution < 1.29 is 4.74 Å². The smallest absolute Gasteiger partial charge is 0.193 e. The highest BCUT2D eigenvalue weighted by atomic mass is 32.1. The van der Waals surface area contributed by atoms with E-state index in [1.807, 2.05) is 7.05 Å². The fourth-order valence-electron chi connectivity index (χ4n) is 2.40. The molecule has 124 valence electrons. The molecule has 0 unspecified atom stereocenters. The lowest BCUT2D eigenvalue weighted by Crippen LogP contribution is -2.39. The third-order valence-corrected chi connectivity index (χ3v) is 4.54. The number of thiophene rings is 1. The Bertz CT molecular complexity index is 610. The SMILES string of the molecule is CN=C(NCc1cccc(COC)c1)N(C)CCc1cccs1. The first-order valence-electron chi connectivity index (χ1n) is 7.74. The minimum absolute atomic E-state index is 0.642. The molecular weight excluding hydrogens is 306 g/mol. The quantitative estimate of drug-likeness (QED) is 0.625. The lowest BCUT2D eigenvalue weighted by Gasteiger charge is -2.22. The Hall–Kier alpha value is -1.85. The predicted molar refractivity (Wildman–Crippen MR) is 98.0 cm³/mol. The van der Waals surface area contributed by atoms with Crippen molar-refractivity contribution >= 4 is 17.3 Å². The van der Waals surface area contributed by atoms with Crippen molar-refractivity contribution in [1.82, 2.24) is 10.2 Å². The average molecular weight is 331 g/mol. The summed E-state index contributed by atoms with van der Waals surface area (Å²) in [6.07, 6.45) is 1.04. The standard InChI is InChI=1S/C18H25N3OS/c1-19-18(21(2)10-9-17-8-5-11-23-17)20-13-15-6-4-7-16(12-15)14-22-3/h4-8,11-12H,9-10,13-14H2,1-3H3,(H,19,20). The normalized spacial score (nSPS) is 11.5. The molecule has 0 bridgehead atoms. The van der Waals surface area contributed by atoms with Crippen molar-refractivity contribution in [1.29, 1.82) is 0 Å². The molecular formula is C18H25N3OS. The number of likely N-dealkylation sites (N-methyl/N-ethyl adjacent to an activating group) is 1. The topological polar surface area (TPSA) is 36.9 Å². The van der Waals surface area contributed by atoms with E-state index in [-0.39, 0.29) is 0 Å². The second-order valence-corrected chi connectivity index (χ2v) is 6.44. The molecule has 1 N–H and O–H groups in total. The van der Waals surface area contributed by atoms with Crippen molar-refractivity contribution in [2.75, 3.05) is 27.7 Å². The van der Waals surface area contributed by atoms with Gasteiger partial charge >= 0.3 is 0 Å². The van der Waals surface area contributed by atoms with E-state index in [2.05, 4.69) is 64.0 Å². The first-order chi connectivity index (χ1) is 11.2. The molecule has 2 rings (SSSR count). The van der Waals surface area contributed by atoms with Crippen LogP contribution in [0.25, 0.3) is 0 Å². The van der Waals surface area contributed by atoms with Gasteiger partial charge in [-0.25, -0.2) is 0 Å². The van der Waals surface area contributed by atoms with E-state index in [1.165, 1.54) is 16.0 Å². The number of methoxy groups -OCH3 is 1. The monoisotopic (exact) mass is 331 g/mol. The number of guanidine groups is 1. The number of hydrogen-bond acceptors (Lipinski definition) is 3. The lowest BCUT2D eigenvalue weighted by atomic mass is 10.1. The minimum atomic E-state index is 0.642. The van der Waals surface area contributed by atoms with Crippen molar-refractivity contribution in [3.63, 3.8) is 0 Å². The summed E-state index contributed by atoms with van der Waals surface area (Å²) in [6, 6.07) is 12.7. The molecule has 0 saturated carbocycles. The molecule has 1 aromatic carbocycles. The molecule has 0 radical (unpaired) electrons. The molecule has 4 nitrogen and oxygen atoms in total. The van der Waals surface area contributed by atoms with Gasteiger partial charge in [-0.2, -0.15) is 0 Å². The zero-order valence-electron chi connectivity index (χ0n) is 14.1. The van der Waals surface area contributed by atoms with Crippen LogP contribution in [0, 0.1) is 0 Å². The van der Waals surface area contributed by atoms with Crippen LogP contribution in [0.2, 0.25) is 0 Å². The Morgan fingerprint density at radius 2 is 2.09 bits per heavy atom. The Labute approximate surface area is 142 Å². The van der Waals surface area contributed by atoms with Gasteiger partial charge in [-0.1, -0.05) is 30.3 Å². The Kier molecular flexibility index (Phi) is 7.10. The lowest BCUT2D eigenvalue weighted by molar-refractivity contribution is 0.185. The van der Waals surface area contributed by atoms with Crippen LogP contribution in [0.3, 0.4) is 0 Å². The van der Waals surface area contributed by atoms with E-state index in [0.717, 1.165) is 25.5 Å². The van der Waals surface area contributed by atoms with Gasteiger partial charge in [-0.15, -0.1) is 11.3 Å². The van der Waals surface area contributed by atoms with Crippen LogP contribution in [-0.4, -0.2) is 38.6 Å². The third kappa shape index (κ3) is 5.69. The summed E-state index contributed by atoms with van der Waals surface area (Å²) in [5.41, 5.74) is 2.42. The second kappa shape index (κ2) is 9.33. The van der Waals surface area contributed by atoms with E-state index in [4.69, 9.17) is 4.74 Å². The number of nitrogens with one attached hydrogen (secondary N) is 1. The summed E-state index contributed by atoms with van der Waals surface area (Å²) in [5.74, 6) is 0.915. The summed E-state index contributed by atoms with van der Waals surface area (Å²) in [5, 5.41) is 5.54. The molecule has 2 aromatic rings. The number of aliphatic imine (C=N–C) groups is 1. The van der Waals surface area contributed by atoms with Crippen LogP contribution in [-0.2, 0) is 24.3 Å². The zero-order chi connectivity index (χ0) is 16.5. The van der Waals surface area contributed by atoms with E-state index in [0.29, 0.717) is 6.61 Å². The van der Waals surface area contributed by atoms with Crippen LogP contribution in [0.1, 0.15) is 16.0 Å². The average Bonchev–Trinajstić information content (AvgIpc) is 3.07. The van der Waals surface area contributed by atoms with Gasteiger partial charge in [0.2, 0.25) is 0 Å². The van der Waals surface area contributed by atoms with Gasteiger partial charge in [-0.05, 0) is 29.0 Å². The molecule has 5 heteroatoms. The number of benzene rings is 1. The molecule has 0 aliphatic heterocycles. The van der Waals surface area contributed by atoms with E-state index in [1.54, 1.807) is 18.4 Å². The molecule has 0 amide bonds. The van der Waals surface area contributed by atoms with Gasteiger partial charge in [0, 0.05) is 39.2 Å². The highest BCUT2D eigenvalue weighted by molar-refractivity contribution is 7.09. The summed E-state index contributed by atoms with van der Waals surface area (Å²) < 4.78 is 5.18. The van der Waals surface area contributed by atoms with Crippen molar-refractivity contribution in [3.05, 3.63) is 57.8 Å². The maximum absolute atomic E-state index is 5.18. The first kappa shape index (κ1) is 17.5. The van der Waals surface area contributed by atoms with Crippen molar-refractivity contribution in [2.45, 2.75) is 19.6 Å². The molecule has 0 spiro atoms. The maximum Gasteiger partial charge on any atom is 0.193 e. The van der Waals surface area contributed by atoms with Crippen LogP contribution in [0.4, 0.5) is 0 Å². The number of rotatable bonds is 7. The maximum atomic E-state index is 5.18. The van der Waals surface area contributed by atoms with Crippen LogP contribution in [0.5, 0.6) is 0 Å². The Morgan fingerprint density at radius 3 is 2.78 bits per heavy atom. The van der Waals surface area contributed by atoms with Gasteiger partial charge in [0.05, 0.1) is 6.61 Å².